The zero-order valence-corrected chi connectivity index (χ0v) is 16.0. The molecular weight excluding hydrogens is 314 g/mol. The molecule has 1 saturated heterocycles. The van der Waals surface area contributed by atoms with Crippen molar-refractivity contribution in [3.8, 4) is 0 Å². The van der Waals surface area contributed by atoms with Gasteiger partial charge >= 0.3 is 0 Å². The fraction of sp³-hybridized carbons (Fsp3) is 0.550. The molecule has 4 heteroatoms. The number of likely N-dealkylation sites (N-methyl/N-ethyl adjacent to an activating group) is 1. The summed E-state index contributed by atoms with van der Waals surface area (Å²) in [6.07, 6.45) is 6.54. The normalized spacial score (nSPS) is 18.6. The lowest BCUT2D eigenvalue weighted by Gasteiger charge is -2.30. The minimum Gasteiger partial charge on any atom is -0.299 e. The summed E-state index contributed by atoms with van der Waals surface area (Å²) in [5.41, 5.74) is 2.80. The van der Waals surface area contributed by atoms with Gasteiger partial charge in [0.1, 0.15) is 0 Å². The molecule has 130 valence electrons. The standard InChI is InChI=1S/C20H29N3S/c1-4-23-10-6-8-20(23)15-22(13-18-7-5-9-21-12-18)14-19-11-16(2)24-17(19)3/h5,7,9,11-12,20H,4,6,8,10,13-15H2,1-3H3/t20-/m0/s1. The zero-order valence-electron chi connectivity index (χ0n) is 15.2. The van der Waals surface area contributed by atoms with Crippen molar-refractivity contribution in [3.63, 3.8) is 0 Å². The highest BCUT2D eigenvalue weighted by Gasteiger charge is 2.25. The second-order valence-corrected chi connectivity index (χ2v) is 8.35. The molecule has 3 heterocycles. The van der Waals surface area contributed by atoms with Crippen LogP contribution in [0.3, 0.4) is 0 Å². The summed E-state index contributed by atoms with van der Waals surface area (Å²) >= 11 is 1.92. The number of hydrogen-bond acceptors (Lipinski definition) is 4. The van der Waals surface area contributed by atoms with E-state index in [2.05, 4.69) is 47.7 Å². The highest BCUT2D eigenvalue weighted by atomic mass is 32.1. The van der Waals surface area contributed by atoms with Gasteiger partial charge in [0.05, 0.1) is 0 Å². The van der Waals surface area contributed by atoms with Crippen LogP contribution in [0.25, 0.3) is 0 Å². The van der Waals surface area contributed by atoms with Crippen LogP contribution in [-0.4, -0.2) is 40.5 Å². The topological polar surface area (TPSA) is 19.4 Å². The molecule has 0 saturated carbocycles. The Kier molecular flexibility index (Phi) is 6.04. The Morgan fingerprint density at radius 3 is 2.88 bits per heavy atom. The second kappa shape index (κ2) is 8.24. The van der Waals surface area contributed by atoms with Crippen molar-refractivity contribution in [2.75, 3.05) is 19.6 Å². The van der Waals surface area contributed by atoms with E-state index in [1.165, 1.54) is 46.8 Å². The van der Waals surface area contributed by atoms with Crippen LogP contribution >= 0.6 is 11.3 Å². The smallest absolute Gasteiger partial charge is 0.0312 e. The summed E-state index contributed by atoms with van der Waals surface area (Å²) in [6, 6.07) is 7.30. The lowest BCUT2D eigenvalue weighted by atomic mass is 10.1. The maximum atomic E-state index is 4.29. The first-order valence-corrected chi connectivity index (χ1v) is 9.88. The van der Waals surface area contributed by atoms with E-state index in [0.717, 1.165) is 19.6 Å². The van der Waals surface area contributed by atoms with Crippen molar-refractivity contribution < 1.29 is 0 Å². The van der Waals surface area contributed by atoms with Crippen molar-refractivity contribution in [1.29, 1.82) is 0 Å². The van der Waals surface area contributed by atoms with Crippen molar-refractivity contribution >= 4 is 11.3 Å². The van der Waals surface area contributed by atoms with Crippen LogP contribution in [0.4, 0.5) is 0 Å². The van der Waals surface area contributed by atoms with E-state index in [1.807, 2.05) is 29.8 Å². The lowest BCUT2D eigenvalue weighted by Crippen LogP contribution is -2.39. The molecule has 2 aromatic rings. The molecule has 3 rings (SSSR count). The highest BCUT2D eigenvalue weighted by Crippen LogP contribution is 2.24. The van der Waals surface area contributed by atoms with Crippen LogP contribution in [-0.2, 0) is 13.1 Å². The Bertz CT molecular complexity index is 638. The predicted octanol–water partition coefficient (Wildman–Crippen LogP) is 4.25. The van der Waals surface area contributed by atoms with Gasteiger partial charge in [0.15, 0.2) is 0 Å². The maximum absolute atomic E-state index is 4.29. The summed E-state index contributed by atoms with van der Waals surface area (Å²) in [5.74, 6) is 0. The summed E-state index contributed by atoms with van der Waals surface area (Å²) in [5, 5.41) is 0. The first kappa shape index (κ1) is 17.6. The molecule has 2 aromatic heterocycles. The molecule has 0 bridgehead atoms. The Morgan fingerprint density at radius 1 is 1.33 bits per heavy atom. The molecule has 1 aliphatic rings. The van der Waals surface area contributed by atoms with Gasteiger partial charge in [0.25, 0.3) is 0 Å². The molecule has 0 amide bonds. The highest BCUT2D eigenvalue weighted by molar-refractivity contribution is 7.12. The van der Waals surface area contributed by atoms with E-state index in [9.17, 15) is 0 Å². The second-order valence-electron chi connectivity index (χ2n) is 6.89. The number of rotatable bonds is 7. The predicted molar refractivity (Wildman–Crippen MR) is 102 cm³/mol. The first-order valence-electron chi connectivity index (χ1n) is 9.07. The zero-order chi connectivity index (χ0) is 16.9. The number of aromatic nitrogens is 1. The Labute approximate surface area is 150 Å². The fourth-order valence-corrected chi connectivity index (χ4v) is 4.77. The summed E-state index contributed by atoms with van der Waals surface area (Å²) in [4.78, 5) is 12.4. The van der Waals surface area contributed by atoms with Gasteiger partial charge in [-0.2, -0.15) is 0 Å². The quantitative estimate of drug-likeness (QED) is 0.749. The number of likely N-dealkylation sites (tertiary alicyclic amines) is 1. The molecule has 0 spiro atoms. The molecule has 24 heavy (non-hydrogen) atoms. The molecule has 1 aliphatic heterocycles. The SMILES string of the molecule is CCN1CCC[C@H]1CN(Cc1cccnc1)Cc1cc(C)sc1C. The third kappa shape index (κ3) is 4.44. The number of thiophene rings is 1. The molecular formula is C20H29N3S. The third-order valence-corrected chi connectivity index (χ3v) is 6.05. The van der Waals surface area contributed by atoms with Gasteiger partial charge in [-0.15, -0.1) is 11.3 Å². The monoisotopic (exact) mass is 343 g/mol. The van der Waals surface area contributed by atoms with E-state index in [4.69, 9.17) is 0 Å². The van der Waals surface area contributed by atoms with E-state index in [0.29, 0.717) is 6.04 Å². The summed E-state index contributed by atoms with van der Waals surface area (Å²) in [7, 11) is 0. The number of pyridine rings is 1. The molecule has 0 radical (unpaired) electrons. The summed E-state index contributed by atoms with van der Waals surface area (Å²) in [6.45, 7) is 12.4. The largest absolute Gasteiger partial charge is 0.299 e. The van der Waals surface area contributed by atoms with Crippen LogP contribution in [0.5, 0.6) is 0 Å². The first-order chi connectivity index (χ1) is 11.7. The molecule has 1 atom stereocenters. The Morgan fingerprint density at radius 2 is 2.21 bits per heavy atom. The van der Waals surface area contributed by atoms with Gasteiger partial charge in [-0.1, -0.05) is 13.0 Å². The van der Waals surface area contributed by atoms with Gasteiger partial charge in [0.2, 0.25) is 0 Å². The van der Waals surface area contributed by atoms with Crippen molar-refractivity contribution in [2.45, 2.75) is 52.7 Å². The van der Waals surface area contributed by atoms with Crippen LogP contribution < -0.4 is 0 Å². The molecule has 0 N–H and O–H groups in total. The van der Waals surface area contributed by atoms with Crippen LogP contribution in [0, 0.1) is 13.8 Å². The molecule has 1 fully saturated rings. The molecule has 0 unspecified atom stereocenters. The van der Waals surface area contributed by atoms with Crippen LogP contribution in [0.15, 0.2) is 30.6 Å². The van der Waals surface area contributed by atoms with Crippen molar-refractivity contribution in [1.82, 2.24) is 14.8 Å². The Balaban J connectivity index is 1.73. The van der Waals surface area contributed by atoms with Gasteiger partial charge in [0, 0.05) is 47.8 Å². The average molecular weight is 344 g/mol. The van der Waals surface area contributed by atoms with Crippen LogP contribution in [0.2, 0.25) is 0 Å². The van der Waals surface area contributed by atoms with Crippen molar-refractivity contribution in [2.24, 2.45) is 0 Å². The van der Waals surface area contributed by atoms with Gasteiger partial charge in [-0.05, 0) is 63.0 Å². The third-order valence-electron chi connectivity index (χ3n) is 5.04. The Hall–Kier alpha value is -1.23. The molecule has 0 aliphatic carbocycles. The van der Waals surface area contributed by atoms with Gasteiger partial charge < -0.3 is 0 Å². The van der Waals surface area contributed by atoms with Gasteiger partial charge in [-0.25, -0.2) is 0 Å². The fourth-order valence-electron chi connectivity index (χ4n) is 3.83. The minimum atomic E-state index is 0.701. The van der Waals surface area contributed by atoms with Crippen molar-refractivity contribution in [3.05, 3.63) is 51.5 Å². The van der Waals surface area contributed by atoms with Gasteiger partial charge in [-0.3, -0.25) is 14.8 Å². The van der Waals surface area contributed by atoms with E-state index in [1.54, 1.807) is 0 Å². The summed E-state index contributed by atoms with van der Waals surface area (Å²) < 4.78 is 0. The van der Waals surface area contributed by atoms with E-state index >= 15 is 0 Å². The maximum Gasteiger partial charge on any atom is 0.0312 e. The molecule has 3 nitrogen and oxygen atoms in total. The van der Waals surface area contributed by atoms with Crippen LogP contribution in [0.1, 0.15) is 40.6 Å². The van der Waals surface area contributed by atoms with E-state index in [-0.39, 0.29) is 0 Å². The number of aryl methyl sites for hydroxylation is 2. The number of nitrogens with zero attached hydrogens (tertiary/aromatic N) is 3. The minimum absolute atomic E-state index is 0.701. The molecule has 0 aromatic carbocycles. The lowest BCUT2D eigenvalue weighted by molar-refractivity contribution is 0.166. The number of hydrogen-bond donors (Lipinski definition) is 0. The average Bonchev–Trinajstić information content (AvgIpc) is 3.14. The van der Waals surface area contributed by atoms with E-state index < -0.39 is 0 Å².